The monoisotopic (exact) mass is 730 g/mol. The van der Waals surface area contributed by atoms with Crippen molar-refractivity contribution in [1.29, 1.82) is 0 Å². The molecule has 0 saturated carbocycles. The lowest BCUT2D eigenvalue weighted by Crippen LogP contribution is -2.00. The van der Waals surface area contributed by atoms with Crippen molar-refractivity contribution in [2.45, 2.75) is 0 Å². The highest BCUT2D eigenvalue weighted by molar-refractivity contribution is 6.12. The van der Waals surface area contributed by atoms with Crippen LogP contribution in [-0.4, -0.2) is 19.5 Å². The summed E-state index contributed by atoms with van der Waals surface area (Å²) in [4.78, 5) is 14.9. The van der Waals surface area contributed by atoms with Gasteiger partial charge in [-0.2, -0.15) is 0 Å². The van der Waals surface area contributed by atoms with E-state index in [2.05, 4.69) is 102 Å². The molecule has 0 aliphatic carbocycles. The zero-order valence-corrected chi connectivity index (χ0v) is 30.4. The quantitative estimate of drug-likeness (QED) is 0.176. The zero-order valence-electron chi connectivity index (χ0n) is 30.4. The molecule has 0 radical (unpaired) electrons. The van der Waals surface area contributed by atoms with Gasteiger partial charge >= 0.3 is 0 Å². The van der Waals surface area contributed by atoms with Crippen LogP contribution in [0.5, 0.6) is 0 Å². The van der Waals surface area contributed by atoms with Crippen LogP contribution in [0.2, 0.25) is 0 Å². The second-order valence-corrected chi connectivity index (χ2v) is 14.4. The van der Waals surface area contributed by atoms with Crippen LogP contribution in [0.4, 0.5) is 0 Å². The third kappa shape index (κ3) is 5.08. The molecule has 4 aromatic heterocycles. The van der Waals surface area contributed by atoms with Gasteiger partial charge in [0.1, 0.15) is 22.3 Å². The summed E-state index contributed by atoms with van der Waals surface area (Å²) < 4.78 is 14.9. The average Bonchev–Trinajstić information content (AvgIpc) is 3.95. The number of nitrogens with zero attached hydrogens (tertiary/aromatic N) is 4. The van der Waals surface area contributed by atoms with Crippen molar-refractivity contribution in [3.05, 3.63) is 182 Å². The molecule has 6 heteroatoms. The van der Waals surface area contributed by atoms with E-state index in [-0.39, 0.29) is 0 Å². The molecule has 4 heterocycles. The summed E-state index contributed by atoms with van der Waals surface area (Å²) in [5, 5.41) is 6.66. The van der Waals surface area contributed by atoms with E-state index < -0.39 is 0 Å². The van der Waals surface area contributed by atoms with Crippen molar-refractivity contribution in [3.8, 4) is 51.0 Å². The van der Waals surface area contributed by atoms with Crippen molar-refractivity contribution in [2.24, 2.45) is 0 Å². The molecule has 0 N–H and O–H groups in total. The minimum atomic E-state index is 0.605. The Hall–Kier alpha value is -7.83. The Morgan fingerprint density at radius 1 is 0.298 bits per heavy atom. The summed E-state index contributed by atoms with van der Waals surface area (Å²) in [7, 11) is 0. The number of rotatable bonds is 5. The highest BCUT2D eigenvalue weighted by atomic mass is 16.3. The number of fused-ring (bicyclic) bond motifs is 9. The van der Waals surface area contributed by atoms with Crippen molar-refractivity contribution in [1.82, 2.24) is 19.5 Å². The Morgan fingerprint density at radius 2 is 0.754 bits per heavy atom. The highest BCUT2D eigenvalue weighted by Crippen LogP contribution is 2.39. The lowest BCUT2D eigenvalue weighted by atomic mass is 10.0. The maximum Gasteiger partial charge on any atom is 0.164 e. The standard InChI is InChI=1S/C51H30N4O2/c1-3-11-31(12-4-1)49-52-50(32-13-5-2-6-14-32)54-51(53-49)35-21-25-47-41(29-35)42-30-36(22-26-48(42)57-47)55-43-17-9-7-15-37(43)39-27-33(19-23-44(39)55)34-20-24-46-40(28-34)38-16-8-10-18-45(38)56-46/h1-30H. The Labute approximate surface area is 325 Å². The van der Waals surface area contributed by atoms with E-state index in [0.29, 0.717) is 17.5 Å². The molecule has 57 heavy (non-hydrogen) atoms. The minimum Gasteiger partial charge on any atom is -0.456 e. The summed E-state index contributed by atoms with van der Waals surface area (Å²) in [6.45, 7) is 0. The Balaban J connectivity index is 0.999. The fraction of sp³-hybridized carbons (Fsp3) is 0. The van der Waals surface area contributed by atoms with Gasteiger partial charge in [-0.1, -0.05) is 109 Å². The molecule has 0 unspecified atom stereocenters. The van der Waals surface area contributed by atoms with Crippen LogP contribution < -0.4 is 0 Å². The lowest BCUT2D eigenvalue weighted by molar-refractivity contribution is 0.668. The van der Waals surface area contributed by atoms with E-state index >= 15 is 0 Å². The zero-order chi connectivity index (χ0) is 37.5. The van der Waals surface area contributed by atoms with Gasteiger partial charge in [0.15, 0.2) is 17.5 Å². The topological polar surface area (TPSA) is 69.9 Å². The Bertz CT molecular complexity index is 3470. The first-order chi connectivity index (χ1) is 28.2. The molecule has 0 aliphatic rings. The molecule has 0 amide bonds. The van der Waals surface area contributed by atoms with Gasteiger partial charge in [0, 0.05) is 54.7 Å². The van der Waals surface area contributed by atoms with Crippen LogP contribution in [0.25, 0.3) is 117 Å². The van der Waals surface area contributed by atoms with Crippen LogP contribution in [0.1, 0.15) is 0 Å². The summed E-state index contributed by atoms with van der Waals surface area (Å²) >= 11 is 0. The van der Waals surface area contributed by atoms with Gasteiger partial charge in [-0.3, -0.25) is 0 Å². The Morgan fingerprint density at radius 3 is 1.46 bits per heavy atom. The largest absolute Gasteiger partial charge is 0.456 e. The molecule has 0 fully saturated rings. The van der Waals surface area contributed by atoms with Crippen molar-refractivity contribution >= 4 is 65.7 Å². The SMILES string of the molecule is c1ccc(-c2nc(-c3ccccc3)nc(-c3ccc4oc5ccc(-n6c7ccccc7c7cc(-c8ccc9oc%10ccccc%10c9c8)ccc76)cc5c4c3)n2)cc1. The van der Waals surface area contributed by atoms with Crippen LogP contribution in [0.3, 0.4) is 0 Å². The molecule has 8 aromatic carbocycles. The summed E-state index contributed by atoms with van der Waals surface area (Å²) in [5.74, 6) is 1.86. The van der Waals surface area contributed by atoms with Gasteiger partial charge < -0.3 is 13.4 Å². The normalized spacial score (nSPS) is 11.9. The summed E-state index contributed by atoms with van der Waals surface area (Å²) in [6.07, 6.45) is 0. The number of hydrogen-bond donors (Lipinski definition) is 0. The predicted molar refractivity (Wildman–Crippen MR) is 230 cm³/mol. The van der Waals surface area contributed by atoms with E-state index in [1.54, 1.807) is 0 Å². The van der Waals surface area contributed by atoms with E-state index in [1.807, 2.05) is 84.9 Å². The Kier molecular flexibility index (Phi) is 6.83. The number of para-hydroxylation sites is 2. The predicted octanol–water partition coefficient (Wildman–Crippen LogP) is 13.4. The first kappa shape index (κ1) is 31.5. The van der Waals surface area contributed by atoms with E-state index in [1.165, 1.54) is 10.8 Å². The third-order valence-electron chi connectivity index (χ3n) is 11.1. The first-order valence-corrected chi connectivity index (χ1v) is 19.0. The van der Waals surface area contributed by atoms with Gasteiger partial charge in [-0.15, -0.1) is 0 Å². The van der Waals surface area contributed by atoms with Gasteiger partial charge in [0.05, 0.1) is 11.0 Å². The third-order valence-corrected chi connectivity index (χ3v) is 11.1. The maximum atomic E-state index is 6.42. The van der Waals surface area contributed by atoms with Crippen LogP contribution >= 0.6 is 0 Å². The number of aromatic nitrogens is 4. The first-order valence-electron chi connectivity index (χ1n) is 19.0. The lowest BCUT2D eigenvalue weighted by Gasteiger charge is -2.09. The minimum absolute atomic E-state index is 0.605. The van der Waals surface area contributed by atoms with E-state index in [9.17, 15) is 0 Å². The van der Waals surface area contributed by atoms with E-state index in [0.717, 1.165) is 88.4 Å². The molecular formula is C51H30N4O2. The number of hydrogen-bond acceptors (Lipinski definition) is 5. The van der Waals surface area contributed by atoms with Crippen LogP contribution in [0, 0.1) is 0 Å². The average molecular weight is 731 g/mol. The second-order valence-electron chi connectivity index (χ2n) is 14.4. The highest BCUT2D eigenvalue weighted by Gasteiger charge is 2.18. The van der Waals surface area contributed by atoms with Gasteiger partial charge in [0.2, 0.25) is 0 Å². The van der Waals surface area contributed by atoms with Crippen LogP contribution in [0.15, 0.2) is 191 Å². The molecular weight excluding hydrogens is 701 g/mol. The molecule has 0 saturated heterocycles. The molecule has 0 aliphatic heterocycles. The molecule has 266 valence electrons. The fourth-order valence-corrected chi connectivity index (χ4v) is 8.32. The fourth-order valence-electron chi connectivity index (χ4n) is 8.32. The maximum absolute atomic E-state index is 6.42. The molecule has 0 atom stereocenters. The van der Waals surface area contributed by atoms with E-state index in [4.69, 9.17) is 23.8 Å². The smallest absolute Gasteiger partial charge is 0.164 e. The summed E-state index contributed by atoms with van der Waals surface area (Å²) in [5.41, 5.74) is 11.8. The van der Waals surface area contributed by atoms with Crippen molar-refractivity contribution in [2.75, 3.05) is 0 Å². The summed E-state index contributed by atoms with van der Waals surface area (Å²) in [6, 6.07) is 62.9. The van der Waals surface area contributed by atoms with Crippen LogP contribution in [-0.2, 0) is 0 Å². The van der Waals surface area contributed by atoms with Crippen molar-refractivity contribution in [3.63, 3.8) is 0 Å². The van der Waals surface area contributed by atoms with Gasteiger partial charge in [-0.05, 0) is 83.9 Å². The molecule has 6 nitrogen and oxygen atoms in total. The van der Waals surface area contributed by atoms with Gasteiger partial charge in [-0.25, -0.2) is 15.0 Å². The number of furan rings is 2. The second kappa shape index (κ2) is 12.3. The molecule has 0 bridgehead atoms. The molecule has 12 aromatic rings. The molecule has 0 spiro atoms. The van der Waals surface area contributed by atoms with Gasteiger partial charge in [0.25, 0.3) is 0 Å². The number of benzene rings is 8. The van der Waals surface area contributed by atoms with Crippen molar-refractivity contribution < 1.29 is 8.83 Å². The molecule has 12 rings (SSSR count).